The summed E-state index contributed by atoms with van der Waals surface area (Å²) in [5.74, 6) is 1.75. The molecule has 0 aliphatic carbocycles. The average Bonchev–Trinajstić information content (AvgIpc) is 3.16. The van der Waals surface area contributed by atoms with Gasteiger partial charge in [-0.15, -0.1) is 24.0 Å². The van der Waals surface area contributed by atoms with Crippen molar-refractivity contribution in [2.24, 2.45) is 4.99 Å². The predicted octanol–water partition coefficient (Wildman–Crippen LogP) is 4.10. The van der Waals surface area contributed by atoms with E-state index in [-0.39, 0.29) is 24.0 Å². The van der Waals surface area contributed by atoms with E-state index in [2.05, 4.69) is 51.1 Å². The van der Waals surface area contributed by atoms with Crippen molar-refractivity contribution in [3.05, 3.63) is 47.3 Å². The van der Waals surface area contributed by atoms with Crippen LogP contribution in [0.4, 0.5) is 0 Å². The highest BCUT2D eigenvalue weighted by Crippen LogP contribution is 2.20. The molecule has 0 unspecified atom stereocenters. The van der Waals surface area contributed by atoms with Gasteiger partial charge in [-0.1, -0.05) is 41.0 Å². The Labute approximate surface area is 200 Å². The molecule has 2 aromatic rings. The van der Waals surface area contributed by atoms with Crippen molar-refractivity contribution in [3.63, 3.8) is 0 Å². The monoisotopic (exact) mass is 544 g/mol. The third kappa shape index (κ3) is 7.55. The molecule has 1 saturated heterocycles. The Hall–Kier alpha value is -1.65. The van der Waals surface area contributed by atoms with E-state index in [1.807, 2.05) is 24.3 Å². The number of benzene rings is 1. The van der Waals surface area contributed by atoms with Crippen molar-refractivity contribution >= 4 is 41.5 Å². The number of likely N-dealkylation sites (tertiary alicyclic amines) is 1. The molecule has 0 radical (unpaired) electrons. The predicted molar refractivity (Wildman–Crippen MR) is 132 cm³/mol. The van der Waals surface area contributed by atoms with Crippen LogP contribution in [-0.2, 0) is 6.54 Å². The summed E-state index contributed by atoms with van der Waals surface area (Å²) < 4.78 is 5.35. The maximum Gasteiger partial charge on any atom is 0.248 e. The molecule has 0 saturated carbocycles. The van der Waals surface area contributed by atoms with E-state index in [0.29, 0.717) is 29.3 Å². The van der Waals surface area contributed by atoms with Gasteiger partial charge in [0.2, 0.25) is 11.7 Å². The van der Waals surface area contributed by atoms with Crippen molar-refractivity contribution in [2.45, 2.75) is 39.3 Å². The Morgan fingerprint density at radius 3 is 2.80 bits per heavy atom. The number of aromatic nitrogens is 2. The molecule has 0 bridgehead atoms. The van der Waals surface area contributed by atoms with E-state index in [0.717, 1.165) is 50.5 Å². The number of hydrogen-bond donors (Lipinski definition) is 2. The lowest BCUT2D eigenvalue weighted by Gasteiger charge is -2.33. The third-order valence-electron chi connectivity index (χ3n) is 4.69. The van der Waals surface area contributed by atoms with Crippen molar-refractivity contribution in [3.8, 4) is 11.4 Å². The zero-order chi connectivity index (χ0) is 20.6. The van der Waals surface area contributed by atoms with E-state index >= 15 is 0 Å². The smallest absolute Gasteiger partial charge is 0.248 e. The molecule has 0 atom stereocenters. The Balaban J connectivity index is 0.00000320. The minimum atomic E-state index is 0. The van der Waals surface area contributed by atoms with Gasteiger partial charge in [0, 0.05) is 42.8 Å². The summed E-state index contributed by atoms with van der Waals surface area (Å²) in [5, 5.41) is 11.5. The maximum absolute atomic E-state index is 6.03. The van der Waals surface area contributed by atoms with Gasteiger partial charge in [-0.05, 0) is 38.8 Å². The molecular weight excluding hydrogens is 515 g/mol. The van der Waals surface area contributed by atoms with Crippen LogP contribution in [0.15, 0.2) is 45.9 Å². The molecule has 1 fully saturated rings. The second-order valence-electron chi connectivity index (χ2n) is 7.37. The summed E-state index contributed by atoms with van der Waals surface area (Å²) >= 11 is 6.03. The van der Waals surface area contributed by atoms with Gasteiger partial charge in [0.15, 0.2) is 5.96 Å². The van der Waals surface area contributed by atoms with Crippen molar-refractivity contribution < 1.29 is 4.52 Å². The van der Waals surface area contributed by atoms with Gasteiger partial charge in [-0.3, -0.25) is 4.90 Å². The van der Waals surface area contributed by atoms with Crippen molar-refractivity contribution in [2.75, 3.05) is 26.2 Å². The van der Waals surface area contributed by atoms with E-state index in [1.54, 1.807) is 0 Å². The standard InChI is InChI=1S/C21H29ClN6O.HI/c1-4-23-21(25-18-8-10-28(11-9-18)14-15(2)3)24-13-19-26-20(27-29-19)16-6-5-7-17(22)12-16;/h5-7,12,18H,2,4,8-11,13-14H2,1,3H3,(H2,23,24,25);1H. The highest BCUT2D eigenvalue weighted by atomic mass is 127. The first-order valence-corrected chi connectivity index (χ1v) is 10.4. The molecule has 1 aliphatic rings. The lowest BCUT2D eigenvalue weighted by Crippen LogP contribution is -2.48. The summed E-state index contributed by atoms with van der Waals surface area (Å²) in [6, 6.07) is 7.79. The number of guanidine groups is 1. The Bertz CT molecular complexity index is 848. The van der Waals surface area contributed by atoms with E-state index in [1.165, 1.54) is 5.57 Å². The molecule has 0 spiro atoms. The summed E-state index contributed by atoms with van der Waals surface area (Å²) in [5.41, 5.74) is 2.03. The maximum atomic E-state index is 6.03. The van der Waals surface area contributed by atoms with E-state index in [9.17, 15) is 0 Å². The van der Waals surface area contributed by atoms with Gasteiger partial charge in [0.1, 0.15) is 6.54 Å². The SMILES string of the molecule is C=C(C)CN1CCC(NC(=NCc2nc(-c3cccc(Cl)c3)no2)NCC)CC1.I. The van der Waals surface area contributed by atoms with Crippen molar-refractivity contribution in [1.82, 2.24) is 25.7 Å². The zero-order valence-electron chi connectivity index (χ0n) is 17.5. The number of piperidine rings is 1. The van der Waals surface area contributed by atoms with Crippen LogP contribution in [0.25, 0.3) is 11.4 Å². The highest BCUT2D eigenvalue weighted by Gasteiger charge is 2.20. The number of aliphatic imine (C=N–C) groups is 1. The Morgan fingerprint density at radius 1 is 1.37 bits per heavy atom. The lowest BCUT2D eigenvalue weighted by atomic mass is 10.0. The molecule has 164 valence electrons. The first-order valence-electron chi connectivity index (χ1n) is 10.0. The zero-order valence-corrected chi connectivity index (χ0v) is 20.6. The number of nitrogens with one attached hydrogen (secondary N) is 2. The fourth-order valence-corrected chi connectivity index (χ4v) is 3.53. The Kier molecular flexibility index (Phi) is 10.1. The largest absolute Gasteiger partial charge is 0.357 e. The molecular formula is C21H30ClIN6O. The summed E-state index contributed by atoms with van der Waals surface area (Å²) in [6.45, 7) is 12.4. The fourth-order valence-electron chi connectivity index (χ4n) is 3.34. The van der Waals surface area contributed by atoms with Crippen LogP contribution in [0.1, 0.15) is 32.6 Å². The highest BCUT2D eigenvalue weighted by molar-refractivity contribution is 14.0. The van der Waals surface area contributed by atoms with Crippen LogP contribution in [0.3, 0.4) is 0 Å². The molecule has 2 N–H and O–H groups in total. The molecule has 9 heteroatoms. The lowest BCUT2D eigenvalue weighted by molar-refractivity contribution is 0.221. The number of halogens is 2. The van der Waals surface area contributed by atoms with Crippen molar-refractivity contribution in [1.29, 1.82) is 0 Å². The minimum absolute atomic E-state index is 0. The van der Waals surface area contributed by atoms with E-state index < -0.39 is 0 Å². The van der Waals surface area contributed by atoms with Crippen LogP contribution in [0.2, 0.25) is 5.02 Å². The van der Waals surface area contributed by atoms with Gasteiger partial charge >= 0.3 is 0 Å². The Morgan fingerprint density at radius 2 is 2.13 bits per heavy atom. The second kappa shape index (κ2) is 12.3. The number of nitrogens with zero attached hydrogens (tertiary/aromatic N) is 4. The molecule has 0 amide bonds. The van der Waals surface area contributed by atoms with Crippen LogP contribution < -0.4 is 10.6 Å². The summed E-state index contributed by atoms with van der Waals surface area (Å²) in [6.07, 6.45) is 2.16. The van der Waals surface area contributed by atoms with Gasteiger partial charge in [0.05, 0.1) is 0 Å². The molecule has 3 rings (SSSR count). The molecule has 2 heterocycles. The summed E-state index contributed by atoms with van der Waals surface area (Å²) in [4.78, 5) is 11.5. The van der Waals surface area contributed by atoms with Gasteiger partial charge in [-0.2, -0.15) is 4.98 Å². The topological polar surface area (TPSA) is 78.6 Å². The van der Waals surface area contributed by atoms with Gasteiger partial charge < -0.3 is 15.2 Å². The molecule has 30 heavy (non-hydrogen) atoms. The molecule has 1 aromatic carbocycles. The molecule has 1 aromatic heterocycles. The normalized spacial score (nSPS) is 15.5. The average molecular weight is 545 g/mol. The van der Waals surface area contributed by atoms with Gasteiger partial charge in [-0.25, -0.2) is 4.99 Å². The van der Waals surface area contributed by atoms with E-state index in [4.69, 9.17) is 16.1 Å². The fraction of sp³-hybridized carbons (Fsp3) is 0.476. The summed E-state index contributed by atoms with van der Waals surface area (Å²) in [7, 11) is 0. The van der Waals surface area contributed by atoms with Crippen LogP contribution in [0.5, 0.6) is 0 Å². The first-order chi connectivity index (χ1) is 14.0. The second-order valence-corrected chi connectivity index (χ2v) is 7.81. The van der Waals surface area contributed by atoms with Crippen LogP contribution in [0, 0.1) is 0 Å². The third-order valence-corrected chi connectivity index (χ3v) is 4.92. The quantitative estimate of drug-likeness (QED) is 0.237. The van der Waals surface area contributed by atoms with Crippen LogP contribution >= 0.6 is 35.6 Å². The minimum Gasteiger partial charge on any atom is -0.357 e. The number of rotatable bonds is 7. The van der Waals surface area contributed by atoms with Crippen LogP contribution in [-0.4, -0.2) is 53.2 Å². The molecule has 7 nitrogen and oxygen atoms in total. The number of hydrogen-bond acceptors (Lipinski definition) is 5. The molecule has 1 aliphatic heterocycles. The first kappa shape index (κ1) is 24.6. The van der Waals surface area contributed by atoms with Gasteiger partial charge in [0.25, 0.3) is 0 Å².